The maximum atomic E-state index is 11.2. The first-order valence-electron chi connectivity index (χ1n) is 17.9. The van der Waals surface area contributed by atoms with Gasteiger partial charge in [-0.1, -0.05) is 57.9 Å². The molecule has 1 spiro atoms. The lowest BCUT2D eigenvalue weighted by Gasteiger charge is -2.60. The van der Waals surface area contributed by atoms with E-state index in [2.05, 4.69) is 33.8 Å². The zero-order valence-electron chi connectivity index (χ0n) is 28.9. The first-order chi connectivity index (χ1) is 22.3. The van der Waals surface area contributed by atoms with E-state index >= 15 is 0 Å². The fraction of sp³-hybridized carbons (Fsp3) is 0.737. The minimum absolute atomic E-state index is 0.115. The Morgan fingerprint density at radius 2 is 1.68 bits per heavy atom. The molecule has 260 valence electrons. The third-order valence-corrected chi connectivity index (χ3v) is 12.8. The summed E-state index contributed by atoms with van der Waals surface area (Å²) in [7, 11) is 0. The van der Waals surface area contributed by atoms with Crippen LogP contribution in [0.2, 0.25) is 0 Å². The predicted molar refractivity (Wildman–Crippen MR) is 174 cm³/mol. The van der Waals surface area contributed by atoms with Crippen molar-refractivity contribution in [3.63, 3.8) is 0 Å². The minimum Gasteiger partial charge on any atom is -0.481 e. The van der Waals surface area contributed by atoms with E-state index in [1.54, 1.807) is 24.3 Å². The van der Waals surface area contributed by atoms with Gasteiger partial charge in [-0.2, -0.15) is 0 Å². The zero-order chi connectivity index (χ0) is 33.7. The first-order valence-corrected chi connectivity index (χ1v) is 17.9. The number of benzene rings is 1. The summed E-state index contributed by atoms with van der Waals surface area (Å²) >= 11 is 0. The molecule has 4 aliphatic heterocycles. The molecule has 0 aromatic heterocycles. The predicted octanol–water partition coefficient (Wildman–Crippen LogP) is 7.84. The SMILES string of the molecule is CC1=CC2C(CC1)[C@H](C)CC[C@H]2[C@@H](C)C(=O)O.C[C@@H]1CCC2[C@@H](C)[C@@H](OCc3ccc(C(=O)O)cc3)O[C@@H]3O[C@]4(C)CCC1[C@@]23OO4. The van der Waals surface area contributed by atoms with Crippen LogP contribution in [0, 0.1) is 53.3 Å². The van der Waals surface area contributed by atoms with E-state index in [-0.39, 0.29) is 23.3 Å². The number of hydrogen-bond donors (Lipinski definition) is 2. The van der Waals surface area contributed by atoms with Crippen molar-refractivity contribution >= 4 is 11.9 Å². The van der Waals surface area contributed by atoms with E-state index in [1.165, 1.54) is 24.8 Å². The molecule has 9 nitrogen and oxygen atoms in total. The highest BCUT2D eigenvalue weighted by molar-refractivity contribution is 5.87. The molecule has 8 rings (SSSR count). The van der Waals surface area contributed by atoms with Crippen molar-refractivity contribution in [1.29, 1.82) is 0 Å². The second kappa shape index (κ2) is 13.5. The van der Waals surface area contributed by atoms with E-state index in [1.807, 2.05) is 13.8 Å². The molecule has 13 atom stereocenters. The Kier molecular flexibility index (Phi) is 9.96. The third kappa shape index (κ3) is 6.55. The summed E-state index contributed by atoms with van der Waals surface area (Å²) in [6, 6.07) is 6.74. The number of aromatic carboxylic acids is 1. The van der Waals surface area contributed by atoms with Gasteiger partial charge in [0.25, 0.3) is 0 Å². The van der Waals surface area contributed by atoms with Gasteiger partial charge in [0.1, 0.15) is 0 Å². The van der Waals surface area contributed by atoms with Gasteiger partial charge in [0.05, 0.1) is 18.1 Å². The first kappa shape index (κ1) is 34.6. The number of carboxylic acids is 2. The molecule has 0 radical (unpaired) electrons. The molecule has 6 fully saturated rings. The summed E-state index contributed by atoms with van der Waals surface area (Å²) in [6.45, 7) is 13.1. The van der Waals surface area contributed by atoms with Gasteiger partial charge in [0.15, 0.2) is 18.2 Å². The second-order valence-corrected chi connectivity index (χ2v) is 15.7. The summed E-state index contributed by atoms with van der Waals surface area (Å²) in [5.41, 5.74) is 2.04. The fourth-order valence-corrected chi connectivity index (χ4v) is 9.84. The van der Waals surface area contributed by atoms with Crippen molar-refractivity contribution in [3.05, 3.63) is 47.0 Å². The zero-order valence-corrected chi connectivity index (χ0v) is 28.9. The van der Waals surface area contributed by atoms with Crippen LogP contribution in [0.5, 0.6) is 0 Å². The van der Waals surface area contributed by atoms with Crippen LogP contribution in [0.15, 0.2) is 35.9 Å². The van der Waals surface area contributed by atoms with E-state index in [9.17, 15) is 14.7 Å². The molecule has 4 heterocycles. The van der Waals surface area contributed by atoms with Gasteiger partial charge in [-0.3, -0.25) is 4.79 Å². The van der Waals surface area contributed by atoms with Gasteiger partial charge >= 0.3 is 11.9 Å². The van der Waals surface area contributed by atoms with Gasteiger partial charge in [0, 0.05) is 18.3 Å². The number of fused-ring (bicyclic) bond motifs is 3. The summed E-state index contributed by atoms with van der Waals surface area (Å²) in [6.07, 6.45) is 10.2. The van der Waals surface area contributed by atoms with Crippen molar-refractivity contribution < 1.29 is 43.8 Å². The molecular formula is C38H54O9. The Balaban J connectivity index is 0.000000193. The van der Waals surface area contributed by atoms with Crippen LogP contribution in [0.25, 0.3) is 0 Å². The van der Waals surface area contributed by atoms with E-state index < -0.39 is 35.9 Å². The highest BCUT2D eigenvalue weighted by Crippen LogP contribution is 2.60. The van der Waals surface area contributed by atoms with Crippen LogP contribution < -0.4 is 0 Å². The van der Waals surface area contributed by atoms with Gasteiger partial charge in [-0.05, 0) is 106 Å². The Hall–Kier alpha value is -2.30. The van der Waals surface area contributed by atoms with Crippen molar-refractivity contribution in [2.24, 2.45) is 53.3 Å². The molecule has 9 heteroatoms. The topological polar surface area (TPSA) is 121 Å². The number of hydrogen-bond acceptors (Lipinski definition) is 7. The van der Waals surface area contributed by atoms with Crippen molar-refractivity contribution in [2.45, 2.75) is 123 Å². The molecule has 1 aromatic rings. The molecule has 4 unspecified atom stereocenters. The van der Waals surface area contributed by atoms with Gasteiger partial charge in [-0.25, -0.2) is 14.6 Å². The largest absolute Gasteiger partial charge is 0.481 e. The standard InChI is InChI=1S/C23H30O7.C15H24O2/c1-13-4-9-18-14(2)20(26-12-15-5-7-16(8-6-15)19(24)25)27-21-23(18)17(13)10-11-22(3,28-21)29-30-23;1-9-4-6-12-10(2)5-7-13(14(12)8-9)11(3)15(16)17/h5-8,13-14,17-18,20-21H,4,9-12H2,1-3H3,(H,24,25);8,10-14H,4-7H2,1-3H3,(H,16,17)/t13-,14-,17?,18?,20+,21-,22+,23-;10-,11-,12?,13+,14?/m11/s1. The Bertz CT molecular complexity index is 1330. The summed E-state index contributed by atoms with van der Waals surface area (Å²) < 4.78 is 18.9. The second-order valence-electron chi connectivity index (χ2n) is 15.7. The van der Waals surface area contributed by atoms with Gasteiger partial charge in [0.2, 0.25) is 5.79 Å². The van der Waals surface area contributed by atoms with Crippen LogP contribution in [0.1, 0.15) is 109 Å². The van der Waals surface area contributed by atoms with Crippen molar-refractivity contribution in [1.82, 2.24) is 0 Å². The normalized spacial score (nSPS) is 42.8. The lowest BCUT2D eigenvalue weighted by atomic mass is 9.58. The monoisotopic (exact) mass is 654 g/mol. The molecule has 47 heavy (non-hydrogen) atoms. The van der Waals surface area contributed by atoms with Crippen molar-refractivity contribution in [2.75, 3.05) is 0 Å². The highest BCUT2D eigenvalue weighted by Gasteiger charge is 2.69. The van der Waals surface area contributed by atoms with Crippen LogP contribution >= 0.6 is 0 Å². The molecule has 2 N–H and O–H groups in total. The molecule has 2 bridgehead atoms. The van der Waals surface area contributed by atoms with Gasteiger partial charge in [-0.15, -0.1) is 0 Å². The average molecular weight is 655 g/mol. The minimum atomic E-state index is -0.936. The number of carbonyl (C=O) groups is 2. The maximum Gasteiger partial charge on any atom is 0.335 e. The lowest BCUT2D eigenvalue weighted by molar-refractivity contribution is -0.577. The van der Waals surface area contributed by atoms with E-state index in [0.29, 0.717) is 30.3 Å². The fourth-order valence-electron chi connectivity index (χ4n) is 9.84. The number of rotatable bonds is 6. The molecule has 0 amide bonds. The molecule has 1 aromatic carbocycles. The third-order valence-electron chi connectivity index (χ3n) is 12.8. The van der Waals surface area contributed by atoms with Crippen LogP contribution in [-0.4, -0.2) is 46.1 Å². The molecule has 3 aliphatic carbocycles. The average Bonchev–Trinajstić information content (AvgIpc) is 3.28. The van der Waals surface area contributed by atoms with Crippen LogP contribution in [-0.2, 0) is 35.4 Å². The van der Waals surface area contributed by atoms with E-state index in [0.717, 1.165) is 49.5 Å². The number of aliphatic carboxylic acids is 1. The number of allylic oxidation sites excluding steroid dienone is 2. The lowest BCUT2D eigenvalue weighted by Crippen LogP contribution is -2.70. The molecule has 4 saturated heterocycles. The summed E-state index contributed by atoms with van der Waals surface area (Å²) in [4.78, 5) is 34.2. The Labute approximate surface area is 279 Å². The molecular weight excluding hydrogens is 600 g/mol. The van der Waals surface area contributed by atoms with Gasteiger partial charge < -0.3 is 24.4 Å². The number of carboxylic acid groups (broad SMARTS) is 2. The summed E-state index contributed by atoms with van der Waals surface area (Å²) in [5.74, 6) is 0.989. The van der Waals surface area contributed by atoms with Crippen molar-refractivity contribution in [3.8, 4) is 0 Å². The van der Waals surface area contributed by atoms with Crippen LogP contribution in [0.3, 0.4) is 0 Å². The smallest absolute Gasteiger partial charge is 0.335 e. The molecule has 2 saturated carbocycles. The number of ether oxygens (including phenoxy) is 3. The summed E-state index contributed by atoms with van der Waals surface area (Å²) in [5, 5.41) is 18.3. The Morgan fingerprint density at radius 3 is 2.38 bits per heavy atom. The molecule has 7 aliphatic rings. The quantitative estimate of drug-likeness (QED) is 0.233. The highest BCUT2D eigenvalue weighted by atomic mass is 17.3. The van der Waals surface area contributed by atoms with Crippen LogP contribution in [0.4, 0.5) is 0 Å². The maximum absolute atomic E-state index is 11.2. The van der Waals surface area contributed by atoms with E-state index in [4.69, 9.17) is 29.1 Å². The Morgan fingerprint density at radius 1 is 0.957 bits per heavy atom.